The number of likely N-dealkylation sites (N-methyl/N-ethyl adjacent to an activating group) is 1. The fourth-order valence-electron chi connectivity index (χ4n) is 2.82. The van der Waals surface area contributed by atoms with Gasteiger partial charge in [0.25, 0.3) is 5.91 Å². The van der Waals surface area contributed by atoms with Gasteiger partial charge in [-0.2, -0.15) is 0 Å². The van der Waals surface area contributed by atoms with Gasteiger partial charge in [-0.1, -0.05) is 12.8 Å². The number of hydrogen-bond donors (Lipinski definition) is 2. The summed E-state index contributed by atoms with van der Waals surface area (Å²) in [7, 11) is 4.11. The molecule has 1 saturated carbocycles. The van der Waals surface area contributed by atoms with Gasteiger partial charge >= 0.3 is 0 Å². The van der Waals surface area contributed by atoms with Gasteiger partial charge in [0.1, 0.15) is 5.82 Å². The predicted octanol–water partition coefficient (Wildman–Crippen LogP) is 2.72. The lowest BCUT2D eigenvalue weighted by Gasteiger charge is -2.36. The zero-order chi connectivity index (χ0) is 14.8. The summed E-state index contributed by atoms with van der Waals surface area (Å²) in [6.07, 6.45) is 4.60. The molecule has 1 aliphatic carbocycles. The molecule has 0 radical (unpaired) electrons. The minimum Gasteiger partial charge on any atom is -0.350 e. The lowest BCUT2D eigenvalue weighted by Crippen LogP contribution is -2.50. The summed E-state index contributed by atoms with van der Waals surface area (Å²) in [4.78, 5) is 14.5. The van der Waals surface area contributed by atoms with Crippen molar-refractivity contribution in [2.75, 3.05) is 20.6 Å². The summed E-state index contributed by atoms with van der Waals surface area (Å²) in [6.45, 7) is 0.623. The van der Waals surface area contributed by atoms with Gasteiger partial charge in [0, 0.05) is 22.5 Å². The molecule has 0 unspecified atom stereocenters. The Morgan fingerprint density at radius 3 is 2.60 bits per heavy atom. The van der Waals surface area contributed by atoms with E-state index in [1.165, 1.54) is 31.0 Å². The monoisotopic (exact) mass is 296 g/mol. The Bertz CT molecular complexity index is 499. The van der Waals surface area contributed by atoms with Crippen LogP contribution in [0.4, 0.5) is 4.39 Å². The standard InChI is InChI=1S/C15H21FN2OS/c1-18(2)15(7-3-4-8-15)10-17-14(19)11-5-6-12(16)13(20)9-11/h5-6,9,20H,3-4,7-8,10H2,1-2H3,(H,17,19). The van der Waals surface area contributed by atoms with Crippen LogP contribution in [0.15, 0.2) is 23.1 Å². The Morgan fingerprint density at radius 1 is 1.40 bits per heavy atom. The Balaban J connectivity index is 2.02. The smallest absolute Gasteiger partial charge is 0.251 e. The number of nitrogens with zero attached hydrogens (tertiary/aromatic N) is 1. The van der Waals surface area contributed by atoms with Crippen molar-refractivity contribution in [3.63, 3.8) is 0 Å². The molecule has 1 N–H and O–H groups in total. The van der Waals surface area contributed by atoms with Gasteiger partial charge in [-0.15, -0.1) is 12.6 Å². The van der Waals surface area contributed by atoms with Crippen LogP contribution in [0.1, 0.15) is 36.0 Å². The number of carbonyl (C=O) groups excluding carboxylic acids is 1. The molecule has 0 aromatic heterocycles. The summed E-state index contributed by atoms with van der Waals surface area (Å²) in [5.41, 5.74) is 0.503. The van der Waals surface area contributed by atoms with E-state index in [4.69, 9.17) is 0 Å². The first kappa shape index (κ1) is 15.3. The number of rotatable bonds is 4. The van der Waals surface area contributed by atoms with Crippen molar-refractivity contribution < 1.29 is 9.18 Å². The fraction of sp³-hybridized carbons (Fsp3) is 0.533. The lowest BCUT2D eigenvalue weighted by atomic mass is 9.96. The highest BCUT2D eigenvalue weighted by Gasteiger charge is 2.36. The lowest BCUT2D eigenvalue weighted by molar-refractivity contribution is 0.0899. The van der Waals surface area contributed by atoms with E-state index in [0.717, 1.165) is 12.8 Å². The Hall–Kier alpha value is -1.07. The van der Waals surface area contributed by atoms with Gasteiger partial charge in [-0.25, -0.2) is 4.39 Å². The van der Waals surface area contributed by atoms with E-state index in [9.17, 15) is 9.18 Å². The third kappa shape index (κ3) is 3.15. The molecule has 5 heteroatoms. The van der Waals surface area contributed by atoms with E-state index in [2.05, 4.69) is 36.9 Å². The highest BCUT2D eigenvalue weighted by molar-refractivity contribution is 7.80. The molecule has 1 aromatic carbocycles. The molecular weight excluding hydrogens is 275 g/mol. The summed E-state index contributed by atoms with van der Waals surface area (Å²) in [5, 5.41) is 2.97. The maximum atomic E-state index is 13.1. The third-order valence-corrected chi connectivity index (χ3v) is 4.61. The van der Waals surface area contributed by atoms with Crippen molar-refractivity contribution in [1.29, 1.82) is 0 Å². The quantitative estimate of drug-likeness (QED) is 0.837. The van der Waals surface area contributed by atoms with Gasteiger partial charge in [-0.3, -0.25) is 4.79 Å². The topological polar surface area (TPSA) is 32.3 Å². The summed E-state index contributed by atoms with van der Waals surface area (Å²) >= 11 is 4.00. The number of amides is 1. The van der Waals surface area contributed by atoms with Crippen LogP contribution < -0.4 is 5.32 Å². The molecule has 3 nitrogen and oxygen atoms in total. The molecule has 0 saturated heterocycles. The molecule has 110 valence electrons. The van der Waals surface area contributed by atoms with Crippen molar-refractivity contribution in [1.82, 2.24) is 10.2 Å². The zero-order valence-corrected chi connectivity index (χ0v) is 12.8. The molecule has 20 heavy (non-hydrogen) atoms. The predicted molar refractivity (Wildman–Crippen MR) is 80.9 cm³/mol. The van der Waals surface area contributed by atoms with E-state index in [1.807, 2.05) is 0 Å². The first-order valence-electron chi connectivity index (χ1n) is 6.89. The molecule has 1 fully saturated rings. The molecule has 1 amide bonds. The molecule has 0 heterocycles. The zero-order valence-electron chi connectivity index (χ0n) is 11.9. The van der Waals surface area contributed by atoms with Crippen molar-refractivity contribution in [2.24, 2.45) is 0 Å². The van der Waals surface area contributed by atoms with E-state index in [0.29, 0.717) is 12.1 Å². The largest absolute Gasteiger partial charge is 0.350 e. The number of thiol groups is 1. The third-order valence-electron chi connectivity index (χ3n) is 4.27. The Kier molecular flexibility index (Phi) is 4.70. The molecule has 1 aliphatic rings. The van der Waals surface area contributed by atoms with Crippen LogP contribution in [0.25, 0.3) is 0 Å². The van der Waals surface area contributed by atoms with Crippen LogP contribution in [0, 0.1) is 5.82 Å². The number of benzene rings is 1. The van der Waals surface area contributed by atoms with Gasteiger partial charge in [-0.05, 0) is 45.1 Å². The molecule has 0 atom stereocenters. The van der Waals surface area contributed by atoms with Crippen molar-refractivity contribution in [2.45, 2.75) is 36.1 Å². The number of nitrogens with one attached hydrogen (secondary N) is 1. The molecule has 2 rings (SSSR count). The first-order chi connectivity index (χ1) is 9.44. The normalized spacial score (nSPS) is 17.4. The second kappa shape index (κ2) is 6.14. The first-order valence-corrected chi connectivity index (χ1v) is 7.33. The number of hydrogen-bond acceptors (Lipinski definition) is 3. The van der Waals surface area contributed by atoms with Gasteiger partial charge in [0.2, 0.25) is 0 Å². The molecular formula is C15H21FN2OS. The minimum atomic E-state index is -0.412. The molecule has 0 bridgehead atoms. The maximum absolute atomic E-state index is 13.1. The summed E-state index contributed by atoms with van der Waals surface area (Å²) in [5.74, 6) is -0.584. The van der Waals surface area contributed by atoms with Gasteiger partial charge in [0.05, 0.1) is 0 Å². The van der Waals surface area contributed by atoms with Crippen molar-refractivity contribution in [3.8, 4) is 0 Å². The van der Waals surface area contributed by atoms with Crippen LogP contribution in [0.5, 0.6) is 0 Å². The average molecular weight is 296 g/mol. The van der Waals surface area contributed by atoms with E-state index < -0.39 is 5.82 Å². The second-order valence-corrected chi connectivity index (χ2v) is 6.16. The van der Waals surface area contributed by atoms with Crippen molar-refractivity contribution in [3.05, 3.63) is 29.6 Å². The summed E-state index contributed by atoms with van der Waals surface area (Å²) in [6, 6.07) is 4.22. The number of halogens is 1. The maximum Gasteiger partial charge on any atom is 0.251 e. The molecule has 0 aliphatic heterocycles. The molecule has 0 spiro atoms. The highest BCUT2D eigenvalue weighted by atomic mass is 32.1. The SMILES string of the molecule is CN(C)C1(CNC(=O)c2ccc(F)c(S)c2)CCCC1. The van der Waals surface area contributed by atoms with Gasteiger partial charge < -0.3 is 10.2 Å². The van der Waals surface area contributed by atoms with Crippen LogP contribution in [0.2, 0.25) is 0 Å². The van der Waals surface area contributed by atoms with E-state index in [1.54, 1.807) is 0 Å². The molecule has 1 aromatic rings. The van der Waals surface area contributed by atoms with E-state index >= 15 is 0 Å². The van der Waals surface area contributed by atoms with Crippen LogP contribution >= 0.6 is 12.6 Å². The van der Waals surface area contributed by atoms with Crippen molar-refractivity contribution >= 4 is 18.5 Å². The summed E-state index contributed by atoms with van der Waals surface area (Å²) < 4.78 is 13.1. The van der Waals surface area contributed by atoms with Crippen LogP contribution in [-0.4, -0.2) is 37.0 Å². The van der Waals surface area contributed by atoms with E-state index in [-0.39, 0.29) is 16.3 Å². The fourth-order valence-corrected chi connectivity index (χ4v) is 3.03. The Morgan fingerprint density at radius 2 is 2.05 bits per heavy atom. The number of carbonyl (C=O) groups is 1. The van der Waals surface area contributed by atoms with Crippen LogP contribution in [-0.2, 0) is 0 Å². The van der Waals surface area contributed by atoms with Gasteiger partial charge in [0.15, 0.2) is 0 Å². The van der Waals surface area contributed by atoms with Crippen LogP contribution in [0.3, 0.4) is 0 Å². The minimum absolute atomic E-state index is 0.0550. The Labute approximate surface area is 125 Å². The average Bonchev–Trinajstić information content (AvgIpc) is 2.89. The second-order valence-electron chi connectivity index (χ2n) is 5.67. The highest BCUT2D eigenvalue weighted by Crippen LogP contribution is 2.33.